The number of nitrogens with zero attached hydrogens (tertiary/aromatic N) is 3. The van der Waals surface area contributed by atoms with Crippen molar-refractivity contribution in [3.05, 3.63) is 24.0 Å². The van der Waals surface area contributed by atoms with Crippen molar-refractivity contribution >= 4 is 5.91 Å². The highest BCUT2D eigenvalue weighted by molar-refractivity contribution is 5.93. The number of amides is 1. The van der Waals surface area contributed by atoms with E-state index in [0.29, 0.717) is 11.5 Å². The lowest BCUT2D eigenvalue weighted by molar-refractivity contribution is 0.0673. The first-order valence-corrected chi connectivity index (χ1v) is 6.02. The topological polar surface area (TPSA) is 58.1 Å². The lowest BCUT2D eigenvalue weighted by atomic mass is 9.97. The van der Waals surface area contributed by atoms with Gasteiger partial charge < -0.3 is 10.2 Å². The summed E-state index contributed by atoms with van der Waals surface area (Å²) in [7, 11) is 1.95. The summed E-state index contributed by atoms with van der Waals surface area (Å²) in [6.45, 7) is 2.65. The van der Waals surface area contributed by atoms with Crippen molar-refractivity contribution in [1.29, 1.82) is 0 Å². The van der Waals surface area contributed by atoms with E-state index in [2.05, 4.69) is 15.5 Å². The maximum absolute atomic E-state index is 12.2. The van der Waals surface area contributed by atoms with E-state index >= 15 is 0 Å². The minimum Gasteiger partial charge on any atom is -0.338 e. The standard InChI is InChI=1S/C12H18N4O/c1-13-7-10-3-2-6-16(9-10)12(17)11-4-5-14-15-8-11/h4-5,8,10,13H,2-3,6-7,9H2,1H3. The van der Waals surface area contributed by atoms with Gasteiger partial charge in [-0.05, 0) is 38.4 Å². The molecule has 1 saturated heterocycles. The van der Waals surface area contributed by atoms with E-state index in [1.165, 1.54) is 12.6 Å². The van der Waals surface area contributed by atoms with Crippen LogP contribution in [0.4, 0.5) is 0 Å². The second-order valence-corrected chi connectivity index (χ2v) is 4.45. The molecule has 2 heterocycles. The van der Waals surface area contributed by atoms with Crippen LogP contribution >= 0.6 is 0 Å². The summed E-state index contributed by atoms with van der Waals surface area (Å²) in [4.78, 5) is 14.1. The Morgan fingerprint density at radius 2 is 2.47 bits per heavy atom. The van der Waals surface area contributed by atoms with Gasteiger partial charge in [0.25, 0.3) is 5.91 Å². The molecule has 0 aromatic carbocycles. The molecule has 1 aliphatic rings. The number of hydrogen-bond acceptors (Lipinski definition) is 4. The van der Waals surface area contributed by atoms with Crippen molar-refractivity contribution < 1.29 is 4.79 Å². The quantitative estimate of drug-likeness (QED) is 0.829. The summed E-state index contributed by atoms with van der Waals surface area (Å²) in [6.07, 6.45) is 5.36. The van der Waals surface area contributed by atoms with E-state index in [1.54, 1.807) is 12.3 Å². The van der Waals surface area contributed by atoms with Crippen LogP contribution in [0, 0.1) is 5.92 Å². The predicted molar refractivity (Wildman–Crippen MR) is 64.6 cm³/mol. The van der Waals surface area contributed by atoms with Crippen LogP contribution in [0.15, 0.2) is 18.5 Å². The van der Waals surface area contributed by atoms with Crippen LogP contribution in [-0.4, -0.2) is 47.7 Å². The van der Waals surface area contributed by atoms with Gasteiger partial charge in [0.1, 0.15) is 0 Å². The minimum atomic E-state index is 0.0701. The van der Waals surface area contributed by atoms with Gasteiger partial charge in [-0.1, -0.05) is 0 Å². The number of carbonyl (C=O) groups is 1. The lowest BCUT2D eigenvalue weighted by Crippen LogP contribution is -2.42. The zero-order valence-corrected chi connectivity index (χ0v) is 10.1. The van der Waals surface area contributed by atoms with Crippen LogP contribution in [0.1, 0.15) is 23.2 Å². The molecule has 0 spiro atoms. The molecule has 2 rings (SSSR count). The maximum Gasteiger partial charge on any atom is 0.255 e. The first kappa shape index (κ1) is 12.0. The van der Waals surface area contributed by atoms with Gasteiger partial charge in [0, 0.05) is 13.1 Å². The van der Waals surface area contributed by atoms with Crippen molar-refractivity contribution in [1.82, 2.24) is 20.4 Å². The summed E-state index contributed by atoms with van der Waals surface area (Å²) in [5.74, 6) is 0.633. The minimum absolute atomic E-state index is 0.0701. The van der Waals surface area contributed by atoms with Gasteiger partial charge in [-0.25, -0.2) is 0 Å². The fourth-order valence-electron chi connectivity index (χ4n) is 2.30. The average Bonchev–Trinajstić information content (AvgIpc) is 2.40. The van der Waals surface area contributed by atoms with E-state index in [-0.39, 0.29) is 5.91 Å². The third-order valence-electron chi connectivity index (χ3n) is 3.13. The second kappa shape index (κ2) is 5.72. The molecule has 5 heteroatoms. The Labute approximate surface area is 101 Å². The largest absolute Gasteiger partial charge is 0.338 e. The van der Waals surface area contributed by atoms with Gasteiger partial charge >= 0.3 is 0 Å². The van der Waals surface area contributed by atoms with Crippen molar-refractivity contribution in [3.8, 4) is 0 Å². The van der Waals surface area contributed by atoms with E-state index in [0.717, 1.165) is 26.1 Å². The van der Waals surface area contributed by atoms with Crippen LogP contribution < -0.4 is 5.32 Å². The lowest BCUT2D eigenvalue weighted by Gasteiger charge is -2.32. The zero-order chi connectivity index (χ0) is 12.1. The maximum atomic E-state index is 12.2. The molecule has 1 atom stereocenters. The van der Waals surface area contributed by atoms with E-state index in [1.807, 2.05) is 11.9 Å². The van der Waals surface area contributed by atoms with Gasteiger partial charge in [0.15, 0.2) is 0 Å². The van der Waals surface area contributed by atoms with Crippen LogP contribution in [0.5, 0.6) is 0 Å². The first-order valence-electron chi connectivity index (χ1n) is 6.02. The molecule has 17 heavy (non-hydrogen) atoms. The fourth-order valence-corrected chi connectivity index (χ4v) is 2.30. The highest BCUT2D eigenvalue weighted by Crippen LogP contribution is 2.17. The molecule has 1 unspecified atom stereocenters. The van der Waals surface area contributed by atoms with Gasteiger partial charge in [-0.3, -0.25) is 4.79 Å². The Morgan fingerprint density at radius 1 is 1.59 bits per heavy atom. The number of likely N-dealkylation sites (tertiary alicyclic amines) is 1. The summed E-state index contributed by atoms with van der Waals surface area (Å²) >= 11 is 0. The Bertz CT molecular complexity index is 366. The molecule has 1 aliphatic heterocycles. The van der Waals surface area contributed by atoms with Crippen molar-refractivity contribution in [2.24, 2.45) is 5.92 Å². The van der Waals surface area contributed by atoms with E-state index in [4.69, 9.17) is 0 Å². The molecule has 0 bridgehead atoms. The number of hydrogen-bond donors (Lipinski definition) is 1. The van der Waals surface area contributed by atoms with E-state index in [9.17, 15) is 4.79 Å². The van der Waals surface area contributed by atoms with Gasteiger partial charge in [0.05, 0.1) is 18.0 Å². The third kappa shape index (κ3) is 3.00. The third-order valence-corrected chi connectivity index (χ3v) is 3.13. The highest BCUT2D eigenvalue weighted by Gasteiger charge is 2.23. The molecule has 1 N–H and O–H groups in total. The molecule has 1 amide bonds. The summed E-state index contributed by atoms with van der Waals surface area (Å²) in [5.41, 5.74) is 0.630. The number of nitrogens with one attached hydrogen (secondary N) is 1. The normalized spacial score (nSPS) is 20.3. The zero-order valence-electron chi connectivity index (χ0n) is 10.1. The fraction of sp³-hybridized carbons (Fsp3) is 0.583. The summed E-state index contributed by atoms with van der Waals surface area (Å²) < 4.78 is 0. The summed E-state index contributed by atoms with van der Waals surface area (Å²) in [5, 5.41) is 10.6. The molecule has 92 valence electrons. The average molecular weight is 234 g/mol. The molecule has 0 aliphatic carbocycles. The molecule has 1 aromatic heterocycles. The molecule has 1 aromatic rings. The monoisotopic (exact) mass is 234 g/mol. The van der Waals surface area contributed by atoms with Crippen molar-refractivity contribution in [3.63, 3.8) is 0 Å². The van der Waals surface area contributed by atoms with Gasteiger partial charge in [-0.15, -0.1) is 0 Å². The molecular formula is C12H18N4O. The number of aromatic nitrogens is 2. The Morgan fingerprint density at radius 3 is 3.18 bits per heavy atom. The number of carbonyl (C=O) groups excluding carboxylic acids is 1. The Hall–Kier alpha value is -1.49. The first-order chi connectivity index (χ1) is 8.31. The molecule has 5 nitrogen and oxygen atoms in total. The predicted octanol–water partition coefficient (Wildman–Crippen LogP) is 0.548. The molecule has 0 radical (unpaired) electrons. The smallest absolute Gasteiger partial charge is 0.255 e. The van der Waals surface area contributed by atoms with Crippen molar-refractivity contribution in [2.45, 2.75) is 12.8 Å². The van der Waals surface area contributed by atoms with Crippen LogP contribution in [0.2, 0.25) is 0 Å². The number of piperidine rings is 1. The van der Waals surface area contributed by atoms with Gasteiger partial charge in [-0.2, -0.15) is 10.2 Å². The van der Waals surface area contributed by atoms with Crippen LogP contribution in [0.3, 0.4) is 0 Å². The molecule has 1 fully saturated rings. The molecular weight excluding hydrogens is 216 g/mol. The van der Waals surface area contributed by atoms with Crippen LogP contribution in [-0.2, 0) is 0 Å². The van der Waals surface area contributed by atoms with Crippen molar-refractivity contribution in [2.75, 3.05) is 26.7 Å². The highest BCUT2D eigenvalue weighted by atomic mass is 16.2. The second-order valence-electron chi connectivity index (χ2n) is 4.45. The van der Waals surface area contributed by atoms with Crippen LogP contribution in [0.25, 0.3) is 0 Å². The number of rotatable bonds is 3. The summed E-state index contributed by atoms with van der Waals surface area (Å²) in [6, 6.07) is 1.72. The Balaban J connectivity index is 2.00. The SMILES string of the molecule is CNCC1CCCN(C(=O)c2ccnnc2)C1. The molecule has 0 saturated carbocycles. The van der Waals surface area contributed by atoms with Gasteiger partial charge in [0.2, 0.25) is 0 Å². The van der Waals surface area contributed by atoms with E-state index < -0.39 is 0 Å². The Kier molecular flexibility index (Phi) is 4.03.